The topological polar surface area (TPSA) is 55.1 Å². The van der Waals surface area contributed by atoms with E-state index in [1.807, 2.05) is 49.6 Å². The van der Waals surface area contributed by atoms with E-state index in [-0.39, 0.29) is 11.9 Å². The Morgan fingerprint density at radius 1 is 0.958 bits per heavy atom. The number of nitrogen functional groups attached to an aromatic ring is 1. The smallest absolute Gasteiger partial charge is 0.255 e. The molecule has 3 aromatic rings. The van der Waals surface area contributed by atoms with Crippen LogP contribution in [0.25, 0.3) is 22.3 Å². The molecular weight excluding hydrogens is 316 g/mol. The molecule has 0 radical (unpaired) electrons. The fourth-order valence-electron chi connectivity index (χ4n) is 2.63. The summed E-state index contributed by atoms with van der Waals surface area (Å²) in [6.45, 7) is 3.88. The van der Waals surface area contributed by atoms with Crippen LogP contribution in [0.4, 0.5) is 5.00 Å². The van der Waals surface area contributed by atoms with Gasteiger partial charge in [-0.1, -0.05) is 54.6 Å². The number of anilines is 1. The molecule has 0 aliphatic heterocycles. The van der Waals surface area contributed by atoms with Crippen LogP contribution in [0, 0.1) is 0 Å². The van der Waals surface area contributed by atoms with E-state index in [2.05, 4.69) is 29.6 Å². The third-order valence-electron chi connectivity index (χ3n) is 3.77. The molecule has 0 aliphatic rings. The van der Waals surface area contributed by atoms with Gasteiger partial charge >= 0.3 is 0 Å². The third-order valence-corrected chi connectivity index (χ3v) is 4.58. The van der Waals surface area contributed by atoms with Gasteiger partial charge in [0, 0.05) is 17.0 Å². The zero-order valence-corrected chi connectivity index (χ0v) is 14.6. The molecule has 3 nitrogen and oxygen atoms in total. The molecule has 122 valence electrons. The second kappa shape index (κ2) is 6.89. The zero-order chi connectivity index (χ0) is 17.1. The minimum Gasteiger partial charge on any atom is -0.390 e. The van der Waals surface area contributed by atoms with Gasteiger partial charge in [-0.2, -0.15) is 0 Å². The molecule has 3 rings (SSSR count). The summed E-state index contributed by atoms with van der Waals surface area (Å²) in [7, 11) is 0. The fourth-order valence-corrected chi connectivity index (χ4v) is 3.45. The maximum atomic E-state index is 12.4. The minimum atomic E-state index is -0.120. The van der Waals surface area contributed by atoms with Gasteiger partial charge in [-0.3, -0.25) is 4.79 Å². The van der Waals surface area contributed by atoms with Gasteiger partial charge in [-0.15, -0.1) is 11.3 Å². The van der Waals surface area contributed by atoms with E-state index in [1.165, 1.54) is 16.9 Å². The number of hydrogen-bond donors (Lipinski definition) is 2. The number of benzene rings is 2. The van der Waals surface area contributed by atoms with Gasteiger partial charge in [0.2, 0.25) is 0 Å². The normalized spacial score (nSPS) is 10.8. The molecule has 3 N–H and O–H groups in total. The Labute approximate surface area is 146 Å². The molecule has 0 spiro atoms. The number of carbonyl (C=O) groups is 1. The van der Waals surface area contributed by atoms with Gasteiger partial charge in [0.05, 0.1) is 10.6 Å². The summed E-state index contributed by atoms with van der Waals surface area (Å²) in [6.07, 6.45) is 0. The molecule has 24 heavy (non-hydrogen) atoms. The van der Waals surface area contributed by atoms with Crippen molar-refractivity contribution in [2.45, 2.75) is 19.9 Å². The minimum absolute atomic E-state index is 0.0742. The highest BCUT2D eigenvalue weighted by Crippen LogP contribution is 2.34. The van der Waals surface area contributed by atoms with Crippen LogP contribution in [0.3, 0.4) is 0 Å². The quantitative estimate of drug-likeness (QED) is 0.719. The van der Waals surface area contributed by atoms with Crippen LogP contribution >= 0.6 is 11.3 Å². The maximum Gasteiger partial charge on any atom is 0.255 e. The van der Waals surface area contributed by atoms with Crippen molar-refractivity contribution in [3.63, 3.8) is 0 Å². The highest BCUT2D eigenvalue weighted by molar-refractivity contribution is 7.15. The lowest BCUT2D eigenvalue weighted by Gasteiger charge is -2.10. The number of nitrogens with one attached hydrogen (secondary N) is 1. The number of thiophene rings is 1. The fraction of sp³-hybridized carbons (Fsp3) is 0.150. The molecule has 0 bridgehead atoms. The van der Waals surface area contributed by atoms with Crippen LogP contribution in [0.15, 0.2) is 60.0 Å². The van der Waals surface area contributed by atoms with E-state index in [4.69, 9.17) is 5.73 Å². The van der Waals surface area contributed by atoms with E-state index < -0.39 is 0 Å². The van der Waals surface area contributed by atoms with E-state index >= 15 is 0 Å². The summed E-state index contributed by atoms with van der Waals surface area (Å²) in [5.74, 6) is -0.120. The summed E-state index contributed by atoms with van der Waals surface area (Å²) >= 11 is 1.40. The average molecular weight is 336 g/mol. The zero-order valence-electron chi connectivity index (χ0n) is 13.7. The highest BCUT2D eigenvalue weighted by Gasteiger charge is 2.19. The van der Waals surface area contributed by atoms with Gasteiger partial charge in [0.25, 0.3) is 5.91 Å². The third kappa shape index (κ3) is 3.34. The van der Waals surface area contributed by atoms with Crippen molar-refractivity contribution in [1.82, 2.24) is 5.32 Å². The largest absolute Gasteiger partial charge is 0.390 e. The monoisotopic (exact) mass is 336 g/mol. The molecule has 2 aromatic carbocycles. The van der Waals surface area contributed by atoms with Gasteiger partial charge < -0.3 is 11.1 Å². The van der Waals surface area contributed by atoms with Crippen LogP contribution in [-0.2, 0) is 0 Å². The first-order chi connectivity index (χ1) is 11.6. The van der Waals surface area contributed by atoms with Crippen molar-refractivity contribution in [1.29, 1.82) is 0 Å². The number of carbonyl (C=O) groups excluding carboxylic acids is 1. The summed E-state index contributed by atoms with van der Waals surface area (Å²) in [5, 5.41) is 5.42. The van der Waals surface area contributed by atoms with E-state index in [0.29, 0.717) is 10.6 Å². The first-order valence-corrected chi connectivity index (χ1v) is 8.78. The second-order valence-electron chi connectivity index (χ2n) is 5.96. The maximum absolute atomic E-state index is 12.4. The predicted octanol–water partition coefficient (Wildman–Crippen LogP) is 4.80. The van der Waals surface area contributed by atoms with Crippen molar-refractivity contribution >= 4 is 22.2 Å². The SMILES string of the molecule is CC(C)NC(=O)c1c(-c2ccc(-c3ccccc3)cc2)csc1N. The number of amides is 1. The van der Waals surface area contributed by atoms with E-state index in [1.54, 1.807) is 0 Å². The molecule has 0 saturated heterocycles. The van der Waals surface area contributed by atoms with Crippen molar-refractivity contribution < 1.29 is 4.79 Å². The van der Waals surface area contributed by atoms with Crippen LogP contribution in [-0.4, -0.2) is 11.9 Å². The van der Waals surface area contributed by atoms with Crippen molar-refractivity contribution in [3.05, 3.63) is 65.5 Å². The lowest BCUT2D eigenvalue weighted by Crippen LogP contribution is -2.30. The Bertz CT molecular complexity index is 836. The van der Waals surface area contributed by atoms with E-state index in [0.717, 1.165) is 16.7 Å². The number of rotatable bonds is 4. The van der Waals surface area contributed by atoms with E-state index in [9.17, 15) is 4.79 Å². The molecule has 0 aliphatic carbocycles. The number of hydrogen-bond acceptors (Lipinski definition) is 3. The Morgan fingerprint density at radius 3 is 2.17 bits per heavy atom. The van der Waals surface area contributed by atoms with Gasteiger partial charge in [0.1, 0.15) is 0 Å². The van der Waals surface area contributed by atoms with Gasteiger partial charge in [0.15, 0.2) is 0 Å². The van der Waals surface area contributed by atoms with Crippen LogP contribution < -0.4 is 11.1 Å². The van der Waals surface area contributed by atoms with Crippen molar-refractivity contribution in [2.24, 2.45) is 0 Å². The standard InChI is InChI=1S/C20H20N2OS/c1-13(2)22-20(23)18-17(12-24-19(18)21)16-10-8-15(9-11-16)14-6-4-3-5-7-14/h3-13H,21H2,1-2H3,(H,22,23). The lowest BCUT2D eigenvalue weighted by molar-refractivity contribution is 0.0945. The molecular formula is C20H20N2OS. The highest BCUT2D eigenvalue weighted by atomic mass is 32.1. The first kappa shape index (κ1) is 16.3. The van der Waals surface area contributed by atoms with Crippen LogP contribution in [0.1, 0.15) is 24.2 Å². The Morgan fingerprint density at radius 2 is 1.54 bits per heavy atom. The van der Waals surface area contributed by atoms with Crippen molar-refractivity contribution in [3.8, 4) is 22.3 Å². The predicted molar refractivity (Wildman–Crippen MR) is 102 cm³/mol. The molecule has 1 amide bonds. The van der Waals surface area contributed by atoms with Crippen LogP contribution in [0.5, 0.6) is 0 Å². The first-order valence-electron chi connectivity index (χ1n) is 7.90. The molecule has 1 aromatic heterocycles. The Balaban J connectivity index is 1.94. The molecule has 4 heteroatoms. The molecule has 0 unspecified atom stereocenters. The average Bonchev–Trinajstić information content (AvgIpc) is 2.97. The Kier molecular flexibility index (Phi) is 4.67. The van der Waals surface area contributed by atoms with Gasteiger partial charge in [-0.05, 0) is 30.5 Å². The van der Waals surface area contributed by atoms with Crippen LogP contribution in [0.2, 0.25) is 0 Å². The second-order valence-corrected chi connectivity index (χ2v) is 6.87. The summed E-state index contributed by atoms with van der Waals surface area (Å²) in [5.41, 5.74) is 10.8. The molecule has 1 heterocycles. The summed E-state index contributed by atoms with van der Waals surface area (Å²) in [4.78, 5) is 12.4. The lowest BCUT2D eigenvalue weighted by atomic mass is 9.99. The van der Waals surface area contributed by atoms with Crippen molar-refractivity contribution in [2.75, 3.05) is 5.73 Å². The Hall–Kier alpha value is -2.59. The molecule has 0 saturated carbocycles. The molecule has 0 fully saturated rings. The summed E-state index contributed by atoms with van der Waals surface area (Å²) in [6, 6.07) is 18.5. The number of nitrogens with two attached hydrogens (primary N) is 1. The summed E-state index contributed by atoms with van der Waals surface area (Å²) < 4.78 is 0. The van der Waals surface area contributed by atoms with Gasteiger partial charge in [-0.25, -0.2) is 0 Å². The molecule has 0 atom stereocenters.